The molecular weight excluding hydrogens is 328 g/mol. The molecule has 0 bridgehead atoms. The van der Waals surface area contributed by atoms with E-state index in [1.54, 1.807) is 19.1 Å². The molecule has 0 spiro atoms. The number of hydrogen-bond acceptors (Lipinski definition) is 6. The number of carbonyl (C=O) groups is 1. The Kier molecular flexibility index (Phi) is 7.38. The molecule has 0 aliphatic heterocycles. The maximum absolute atomic E-state index is 11.7. The second-order valence-corrected chi connectivity index (χ2v) is 6.10. The Labute approximate surface area is 155 Å². The molecule has 0 fully saturated rings. The Morgan fingerprint density at radius 1 is 1.08 bits per heavy atom. The fourth-order valence-electron chi connectivity index (χ4n) is 2.66. The molecular formula is C20H28N4O2. The van der Waals surface area contributed by atoms with Crippen LogP contribution >= 0.6 is 0 Å². The topological polar surface area (TPSA) is 67.4 Å². The molecule has 6 heteroatoms. The first-order valence-electron chi connectivity index (χ1n) is 9.22. The zero-order valence-corrected chi connectivity index (χ0v) is 16.1. The van der Waals surface area contributed by atoms with Crippen LogP contribution in [-0.2, 0) is 4.74 Å². The lowest BCUT2D eigenvalue weighted by Gasteiger charge is -2.22. The number of rotatable bonds is 9. The van der Waals surface area contributed by atoms with Crippen molar-refractivity contribution in [2.75, 3.05) is 29.9 Å². The summed E-state index contributed by atoms with van der Waals surface area (Å²) in [5, 5.41) is 3.29. The molecule has 0 amide bonds. The fraction of sp³-hybridized carbons (Fsp3) is 0.450. The second-order valence-electron chi connectivity index (χ2n) is 6.10. The van der Waals surface area contributed by atoms with Crippen molar-refractivity contribution in [3.05, 3.63) is 41.6 Å². The summed E-state index contributed by atoms with van der Waals surface area (Å²) >= 11 is 0. The van der Waals surface area contributed by atoms with Gasteiger partial charge in [-0.2, -0.15) is 4.98 Å². The van der Waals surface area contributed by atoms with Crippen molar-refractivity contribution in [1.29, 1.82) is 0 Å². The number of ether oxygens (including phenoxy) is 1. The van der Waals surface area contributed by atoms with Crippen LogP contribution in [0.15, 0.2) is 30.3 Å². The summed E-state index contributed by atoms with van der Waals surface area (Å²) in [6.07, 6.45) is 2.10. The van der Waals surface area contributed by atoms with Gasteiger partial charge >= 0.3 is 5.97 Å². The van der Waals surface area contributed by atoms with Crippen LogP contribution in [0.2, 0.25) is 0 Å². The Morgan fingerprint density at radius 3 is 2.31 bits per heavy atom. The number of anilines is 3. The molecule has 1 N–H and O–H groups in total. The minimum atomic E-state index is -0.311. The standard InChI is InChI=1S/C20H28N4O2/c1-5-12-24(13-6-2)20-21-15(4)14-18(23-20)22-17-10-8-16(9-11-17)19(25)26-7-3/h8-11,14H,5-7,12-13H2,1-4H3,(H,21,22,23). The quantitative estimate of drug-likeness (QED) is 0.675. The number of nitrogens with one attached hydrogen (secondary N) is 1. The third-order valence-corrected chi connectivity index (χ3v) is 3.78. The van der Waals surface area contributed by atoms with Gasteiger partial charge < -0.3 is 15.0 Å². The number of benzene rings is 1. The van der Waals surface area contributed by atoms with Crippen molar-refractivity contribution in [2.45, 2.75) is 40.5 Å². The maximum Gasteiger partial charge on any atom is 0.338 e. The summed E-state index contributed by atoms with van der Waals surface area (Å²) in [7, 11) is 0. The number of hydrogen-bond donors (Lipinski definition) is 1. The smallest absolute Gasteiger partial charge is 0.338 e. The average Bonchev–Trinajstić information content (AvgIpc) is 2.62. The van der Waals surface area contributed by atoms with Crippen LogP contribution in [0.4, 0.5) is 17.5 Å². The van der Waals surface area contributed by atoms with Crippen LogP contribution in [-0.4, -0.2) is 35.6 Å². The van der Waals surface area contributed by atoms with Crippen molar-refractivity contribution >= 4 is 23.4 Å². The maximum atomic E-state index is 11.7. The highest BCUT2D eigenvalue weighted by molar-refractivity contribution is 5.89. The van der Waals surface area contributed by atoms with Gasteiger partial charge in [0.05, 0.1) is 12.2 Å². The number of nitrogens with zero attached hydrogens (tertiary/aromatic N) is 3. The Balaban J connectivity index is 2.17. The van der Waals surface area contributed by atoms with Crippen molar-refractivity contribution in [3.63, 3.8) is 0 Å². The molecule has 0 saturated carbocycles. The Hall–Kier alpha value is -2.63. The van der Waals surface area contributed by atoms with E-state index in [-0.39, 0.29) is 5.97 Å². The summed E-state index contributed by atoms with van der Waals surface area (Å²) in [5.74, 6) is 1.18. The Morgan fingerprint density at radius 2 is 1.73 bits per heavy atom. The summed E-state index contributed by atoms with van der Waals surface area (Å²) in [4.78, 5) is 23.2. The molecule has 26 heavy (non-hydrogen) atoms. The van der Waals surface area contributed by atoms with Gasteiger partial charge in [0, 0.05) is 30.5 Å². The summed E-state index contributed by atoms with van der Waals surface area (Å²) in [6, 6.07) is 9.10. The highest BCUT2D eigenvalue weighted by Gasteiger charge is 2.11. The molecule has 1 aromatic heterocycles. The lowest BCUT2D eigenvalue weighted by atomic mass is 10.2. The molecule has 0 radical (unpaired) electrons. The molecule has 1 aromatic carbocycles. The normalized spacial score (nSPS) is 10.5. The van der Waals surface area contributed by atoms with Gasteiger partial charge in [-0.3, -0.25) is 0 Å². The second kappa shape index (κ2) is 9.75. The number of aryl methyl sites for hydroxylation is 1. The molecule has 0 aliphatic rings. The van der Waals surface area contributed by atoms with E-state index < -0.39 is 0 Å². The molecule has 0 saturated heterocycles. The number of esters is 1. The lowest BCUT2D eigenvalue weighted by molar-refractivity contribution is 0.0526. The van der Waals surface area contributed by atoms with Gasteiger partial charge in [-0.25, -0.2) is 9.78 Å². The van der Waals surface area contributed by atoms with E-state index >= 15 is 0 Å². The zero-order chi connectivity index (χ0) is 18.9. The monoisotopic (exact) mass is 356 g/mol. The van der Waals surface area contributed by atoms with Gasteiger partial charge in [-0.1, -0.05) is 13.8 Å². The molecule has 6 nitrogen and oxygen atoms in total. The summed E-state index contributed by atoms with van der Waals surface area (Å²) in [5.41, 5.74) is 2.31. The molecule has 140 valence electrons. The minimum absolute atomic E-state index is 0.311. The molecule has 0 aliphatic carbocycles. The van der Waals surface area contributed by atoms with Crippen LogP contribution in [0.25, 0.3) is 0 Å². The molecule has 0 unspecified atom stereocenters. The van der Waals surface area contributed by atoms with Gasteiger partial charge in [0.15, 0.2) is 0 Å². The number of aromatic nitrogens is 2. The zero-order valence-electron chi connectivity index (χ0n) is 16.1. The van der Waals surface area contributed by atoms with Crippen LogP contribution < -0.4 is 10.2 Å². The first-order chi connectivity index (χ1) is 12.6. The highest BCUT2D eigenvalue weighted by Crippen LogP contribution is 2.19. The predicted molar refractivity (Wildman–Crippen MR) is 105 cm³/mol. The third-order valence-electron chi connectivity index (χ3n) is 3.78. The first kappa shape index (κ1) is 19.7. The van der Waals surface area contributed by atoms with Crippen LogP contribution in [0.3, 0.4) is 0 Å². The average molecular weight is 356 g/mol. The third kappa shape index (κ3) is 5.44. The van der Waals surface area contributed by atoms with Gasteiger partial charge in [0.1, 0.15) is 5.82 Å². The van der Waals surface area contributed by atoms with Crippen molar-refractivity contribution in [2.24, 2.45) is 0 Å². The highest BCUT2D eigenvalue weighted by atomic mass is 16.5. The van der Waals surface area contributed by atoms with Crippen LogP contribution in [0.1, 0.15) is 49.7 Å². The molecule has 0 atom stereocenters. The van der Waals surface area contributed by atoms with Gasteiger partial charge in [-0.05, 0) is 51.0 Å². The van der Waals surface area contributed by atoms with Gasteiger partial charge in [0.2, 0.25) is 5.95 Å². The van der Waals surface area contributed by atoms with Crippen molar-refractivity contribution in [1.82, 2.24) is 9.97 Å². The molecule has 1 heterocycles. The first-order valence-corrected chi connectivity index (χ1v) is 9.22. The lowest BCUT2D eigenvalue weighted by Crippen LogP contribution is -2.27. The fourth-order valence-corrected chi connectivity index (χ4v) is 2.66. The predicted octanol–water partition coefficient (Wildman–Crippen LogP) is 4.33. The van der Waals surface area contributed by atoms with E-state index in [0.717, 1.165) is 49.1 Å². The largest absolute Gasteiger partial charge is 0.462 e. The number of carbonyl (C=O) groups excluding carboxylic acids is 1. The minimum Gasteiger partial charge on any atom is -0.462 e. The van der Waals surface area contributed by atoms with E-state index in [9.17, 15) is 4.79 Å². The van der Waals surface area contributed by atoms with Crippen molar-refractivity contribution < 1.29 is 9.53 Å². The van der Waals surface area contributed by atoms with E-state index in [1.165, 1.54) is 0 Å². The van der Waals surface area contributed by atoms with E-state index in [0.29, 0.717) is 12.2 Å². The molecule has 2 aromatic rings. The van der Waals surface area contributed by atoms with E-state index in [1.807, 2.05) is 25.1 Å². The van der Waals surface area contributed by atoms with E-state index in [2.05, 4.69) is 34.0 Å². The summed E-state index contributed by atoms with van der Waals surface area (Å²) in [6.45, 7) is 10.3. The Bertz CT molecular complexity index is 710. The van der Waals surface area contributed by atoms with E-state index in [4.69, 9.17) is 4.74 Å². The van der Waals surface area contributed by atoms with Crippen LogP contribution in [0.5, 0.6) is 0 Å². The van der Waals surface area contributed by atoms with Gasteiger partial charge in [0.25, 0.3) is 0 Å². The van der Waals surface area contributed by atoms with Crippen LogP contribution in [0, 0.1) is 6.92 Å². The SMILES string of the molecule is CCCN(CCC)c1nc(C)cc(Nc2ccc(C(=O)OCC)cc2)n1. The van der Waals surface area contributed by atoms with Crippen molar-refractivity contribution in [3.8, 4) is 0 Å². The molecule has 2 rings (SSSR count). The summed E-state index contributed by atoms with van der Waals surface area (Å²) < 4.78 is 5.00. The van der Waals surface area contributed by atoms with Gasteiger partial charge in [-0.15, -0.1) is 0 Å².